The van der Waals surface area contributed by atoms with Gasteiger partial charge in [0.05, 0.1) is 18.4 Å². The minimum atomic E-state index is -0.304. The second-order valence-electron chi connectivity index (χ2n) is 5.48. The number of hydrogen-bond acceptors (Lipinski definition) is 4. The van der Waals surface area contributed by atoms with Crippen molar-refractivity contribution in [1.82, 2.24) is 5.32 Å². The molecule has 0 aliphatic heterocycles. The summed E-state index contributed by atoms with van der Waals surface area (Å²) in [4.78, 5) is 35.0. The number of anilines is 2. The lowest BCUT2D eigenvalue weighted by molar-refractivity contribution is -0.125. The van der Waals surface area contributed by atoms with Gasteiger partial charge in [0.2, 0.25) is 17.7 Å². The second-order valence-corrected chi connectivity index (χ2v) is 5.48. The first-order valence-corrected chi connectivity index (χ1v) is 7.46. The topological polar surface area (TPSA) is 96.5 Å². The Morgan fingerprint density at radius 2 is 1.78 bits per heavy atom. The number of rotatable bonds is 7. The zero-order valence-corrected chi connectivity index (χ0v) is 13.2. The standard InChI is InChI=1S/C16H21N3O4/c1-10(20)18-11-4-3-5-12(8-11)19-16(22)14-9-13(14)15(21)17-6-7-23-2/h3-5,8,13-14H,6-7,9H2,1-2H3,(H,17,21)(H,18,20)(H,19,22). The molecular formula is C16H21N3O4. The van der Waals surface area contributed by atoms with Crippen molar-refractivity contribution in [1.29, 1.82) is 0 Å². The molecule has 0 radical (unpaired) electrons. The predicted octanol–water partition coefficient (Wildman–Crippen LogP) is 0.982. The Morgan fingerprint density at radius 1 is 1.13 bits per heavy atom. The van der Waals surface area contributed by atoms with E-state index in [9.17, 15) is 14.4 Å². The van der Waals surface area contributed by atoms with Gasteiger partial charge in [0.15, 0.2) is 0 Å². The van der Waals surface area contributed by atoms with Crippen molar-refractivity contribution in [2.45, 2.75) is 13.3 Å². The van der Waals surface area contributed by atoms with E-state index in [0.29, 0.717) is 30.9 Å². The van der Waals surface area contributed by atoms with E-state index in [1.54, 1.807) is 31.4 Å². The van der Waals surface area contributed by atoms with Crippen LogP contribution in [0.1, 0.15) is 13.3 Å². The summed E-state index contributed by atoms with van der Waals surface area (Å²) < 4.78 is 4.86. The average molecular weight is 319 g/mol. The maximum Gasteiger partial charge on any atom is 0.228 e. The minimum Gasteiger partial charge on any atom is -0.383 e. The molecule has 1 aliphatic carbocycles. The average Bonchev–Trinajstić information content (AvgIpc) is 3.27. The number of hydrogen-bond donors (Lipinski definition) is 3. The van der Waals surface area contributed by atoms with Crippen molar-refractivity contribution in [3.8, 4) is 0 Å². The zero-order chi connectivity index (χ0) is 16.8. The van der Waals surface area contributed by atoms with Crippen molar-refractivity contribution >= 4 is 29.1 Å². The Bertz CT molecular complexity index is 603. The molecule has 1 fully saturated rings. The zero-order valence-electron chi connectivity index (χ0n) is 13.2. The lowest BCUT2D eigenvalue weighted by Gasteiger charge is -2.08. The maximum absolute atomic E-state index is 12.1. The molecule has 0 aromatic heterocycles. The number of carbonyl (C=O) groups excluding carboxylic acids is 3. The Hall–Kier alpha value is -2.41. The molecule has 0 saturated heterocycles. The van der Waals surface area contributed by atoms with Crippen molar-refractivity contribution < 1.29 is 19.1 Å². The van der Waals surface area contributed by atoms with Crippen molar-refractivity contribution in [3.05, 3.63) is 24.3 Å². The first-order valence-electron chi connectivity index (χ1n) is 7.46. The number of methoxy groups -OCH3 is 1. The molecule has 1 aromatic carbocycles. The lowest BCUT2D eigenvalue weighted by Crippen LogP contribution is -2.30. The summed E-state index contributed by atoms with van der Waals surface area (Å²) in [6.45, 7) is 2.31. The van der Waals surface area contributed by atoms with Gasteiger partial charge >= 0.3 is 0 Å². The van der Waals surface area contributed by atoms with Crippen LogP contribution in [0, 0.1) is 11.8 Å². The van der Waals surface area contributed by atoms with Gasteiger partial charge in [-0.15, -0.1) is 0 Å². The van der Waals surface area contributed by atoms with Gasteiger partial charge in [-0.2, -0.15) is 0 Å². The van der Waals surface area contributed by atoms with E-state index >= 15 is 0 Å². The van der Waals surface area contributed by atoms with Gasteiger partial charge in [0.25, 0.3) is 0 Å². The van der Waals surface area contributed by atoms with Gasteiger partial charge in [0.1, 0.15) is 0 Å². The highest BCUT2D eigenvalue weighted by Gasteiger charge is 2.47. The van der Waals surface area contributed by atoms with E-state index in [1.165, 1.54) is 6.92 Å². The number of amides is 3. The van der Waals surface area contributed by atoms with Crippen molar-refractivity contribution in [2.24, 2.45) is 11.8 Å². The van der Waals surface area contributed by atoms with E-state index < -0.39 is 0 Å². The van der Waals surface area contributed by atoms with Crippen molar-refractivity contribution in [3.63, 3.8) is 0 Å². The SMILES string of the molecule is COCCNC(=O)C1CC1C(=O)Nc1cccc(NC(C)=O)c1. The van der Waals surface area contributed by atoms with Crippen LogP contribution >= 0.6 is 0 Å². The van der Waals surface area contributed by atoms with E-state index in [2.05, 4.69) is 16.0 Å². The van der Waals surface area contributed by atoms with Crippen LogP contribution in [0.2, 0.25) is 0 Å². The second kappa shape index (κ2) is 7.73. The van der Waals surface area contributed by atoms with Crippen molar-refractivity contribution in [2.75, 3.05) is 30.9 Å². The molecule has 3 N–H and O–H groups in total. The quantitative estimate of drug-likeness (QED) is 0.653. The summed E-state index contributed by atoms with van der Waals surface area (Å²) in [6.07, 6.45) is 0.552. The molecule has 0 heterocycles. The molecule has 3 amide bonds. The molecule has 1 saturated carbocycles. The number of ether oxygens (including phenoxy) is 1. The summed E-state index contributed by atoms with van der Waals surface area (Å²) in [6, 6.07) is 6.89. The normalized spacial score (nSPS) is 18.9. The number of carbonyl (C=O) groups is 3. The first-order chi connectivity index (χ1) is 11.0. The van der Waals surface area contributed by atoms with Crippen LogP contribution < -0.4 is 16.0 Å². The van der Waals surface area contributed by atoms with Crippen LogP contribution in [-0.4, -0.2) is 38.0 Å². The molecule has 0 bridgehead atoms. The molecule has 2 atom stereocenters. The fourth-order valence-corrected chi connectivity index (χ4v) is 2.29. The Labute approximate surface area is 134 Å². The molecule has 0 spiro atoms. The highest BCUT2D eigenvalue weighted by molar-refractivity contribution is 6.00. The smallest absolute Gasteiger partial charge is 0.228 e. The Morgan fingerprint density at radius 3 is 2.43 bits per heavy atom. The molecule has 7 nitrogen and oxygen atoms in total. The predicted molar refractivity (Wildman–Crippen MR) is 85.9 cm³/mol. The molecule has 2 rings (SSSR count). The van der Waals surface area contributed by atoms with E-state index in [-0.39, 0.29) is 29.6 Å². The maximum atomic E-state index is 12.1. The lowest BCUT2D eigenvalue weighted by atomic mass is 10.2. The van der Waals surface area contributed by atoms with Crippen LogP contribution in [0.4, 0.5) is 11.4 Å². The third-order valence-corrected chi connectivity index (χ3v) is 3.52. The monoisotopic (exact) mass is 319 g/mol. The fourth-order valence-electron chi connectivity index (χ4n) is 2.29. The molecule has 1 aromatic rings. The third kappa shape index (κ3) is 5.07. The molecule has 1 aliphatic rings. The molecule has 7 heteroatoms. The molecule has 124 valence electrons. The Kier molecular flexibility index (Phi) is 5.70. The van der Waals surface area contributed by atoms with Crippen LogP contribution in [0.3, 0.4) is 0 Å². The Balaban J connectivity index is 1.84. The van der Waals surface area contributed by atoms with E-state index in [4.69, 9.17) is 4.74 Å². The molecular weight excluding hydrogens is 298 g/mol. The van der Waals surface area contributed by atoms with Gasteiger partial charge in [-0.3, -0.25) is 14.4 Å². The molecule has 23 heavy (non-hydrogen) atoms. The first kappa shape index (κ1) is 17.0. The van der Waals surface area contributed by atoms with Gasteiger partial charge in [-0.25, -0.2) is 0 Å². The van der Waals surface area contributed by atoms with Gasteiger partial charge in [-0.05, 0) is 24.6 Å². The van der Waals surface area contributed by atoms with Gasteiger partial charge < -0.3 is 20.7 Å². The number of nitrogens with one attached hydrogen (secondary N) is 3. The third-order valence-electron chi connectivity index (χ3n) is 3.52. The summed E-state index contributed by atoms with van der Waals surface area (Å²) in [5.74, 6) is -1.05. The fraction of sp³-hybridized carbons (Fsp3) is 0.438. The van der Waals surface area contributed by atoms with Gasteiger partial charge in [-0.1, -0.05) is 6.07 Å². The highest BCUT2D eigenvalue weighted by Crippen LogP contribution is 2.39. The van der Waals surface area contributed by atoms with Crippen LogP contribution in [0.5, 0.6) is 0 Å². The minimum absolute atomic E-state index is 0.116. The van der Waals surface area contributed by atoms with E-state index in [0.717, 1.165) is 0 Å². The summed E-state index contributed by atoms with van der Waals surface area (Å²) >= 11 is 0. The van der Waals surface area contributed by atoms with Crippen LogP contribution in [0.15, 0.2) is 24.3 Å². The molecule has 2 unspecified atom stereocenters. The number of benzene rings is 1. The van der Waals surface area contributed by atoms with Gasteiger partial charge in [0, 0.05) is 32.0 Å². The summed E-state index contributed by atoms with van der Waals surface area (Å²) in [7, 11) is 1.56. The summed E-state index contributed by atoms with van der Waals surface area (Å²) in [5.41, 5.74) is 1.20. The van der Waals surface area contributed by atoms with Crippen LogP contribution in [0.25, 0.3) is 0 Å². The largest absolute Gasteiger partial charge is 0.383 e. The van der Waals surface area contributed by atoms with E-state index in [1.807, 2.05) is 0 Å². The highest BCUT2D eigenvalue weighted by atomic mass is 16.5. The summed E-state index contributed by atoms with van der Waals surface area (Å²) in [5, 5.41) is 8.16. The van der Waals surface area contributed by atoms with Crippen LogP contribution in [-0.2, 0) is 19.1 Å².